The normalized spacial score (nSPS) is 20.8. The van der Waals surface area contributed by atoms with Gasteiger partial charge in [0.1, 0.15) is 18.0 Å². The molecule has 1 unspecified atom stereocenters. The second-order valence-corrected chi connectivity index (χ2v) is 6.59. The van der Waals surface area contributed by atoms with Crippen LogP contribution in [-0.2, 0) is 20.9 Å². The number of methoxy groups -OCH3 is 1. The Morgan fingerprint density at radius 1 is 1.56 bits per heavy atom. The zero-order chi connectivity index (χ0) is 18.3. The lowest BCUT2D eigenvalue weighted by atomic mass is 10.0. The van der Waals surface area contributed by atoms with Crippen LogP contribution in [0.4, 0.5) is 5.82 Å². The Hall–Kier alpha value is -1.77. The molecule has 140 valence electrons. The van der Waals surface area contributed by atoms with E-state index in [-0.39, 0.29) is 5.91 Å². The van der Waals surface area contributed by atoms with Gasteiger partial charge in [0.25, 0.3) is 0 Å². The fourth-order valence-electron chi connectivity index (χ4n) is 2.69. The minimum absolute atomic E-state index is 0.00992. The van der Waals surface area contributed by atoms with Gasteiger partial charge in [0.2, 0.25) is 5.91 Å². The fourth-order valence-corrected chi connectivity index (χ4v) is 2.69. The number of nitrogens with zero attached hydrogens (tertiary/aromatic N) is 4. The second-order valence-electron chi connectivity index (χ2n) is 6.59. The second kappa shape index (κ2) is 9.07. The molecule has 25 heavy (non-hydrogen) atoms. The van der Waals surface area contributed by atoms with Crippen LogP contribution in [0.2, 0.25) is 0 Å². The largest absolute Gasteiger partial charge is 0.377 e. The van der Waals surface area contributed by atoms with Crippen molar-refractivity contribution in [3.63, 3.8) is 0 Å². The zero-order valence-corrected chi connectivity index (χ0v) is 15.6. The first-order valence-electron chi connectivity index (χ1n) is 8.61. The summed E-state index contributed by atoms with van der Waals surface area (Å²) in [6, 6.07) is 1.89. The van der Waals surface area contributed by atoms with Gasteiger partial charge in [-0.25, -0.2) is 9.97 Å². The lowest BCUT2D eigenvalue weighted by Gasteiger charge is -2.41. The van der Waals surface area contributed by atoms with Gasteiger partial charge < -0.3 is 19.7 Å². The first-order valence-corrected chi connectivity index (χ1v) is 8.61. The third kappa shape index (κ3) is 5.91. The lowest BCUT2D eigenvalue weighted by Crippen LogP contribution is -2.56. The number of amides is 1. The van der Waals surface area contributed by atoms with E-state index in [1.807, 2.05) is 31.9 Å². The van der Waals surface area contributed by atoms with Gasteiger partial charge in [-0.1, -0.05) is 6.92 Å². The number of ether oxygens (including phenoxy) is 2. The van der Waals surface area contributed by atoms with Gasteiger partial charge in [-0.2, -0.15) is 0 Å². The number of hydrogen-bond donors (Lipinski definition) is 1. The van der Waals surface area contributed by atoms with Crippen LogP contribution in [-0.4, -0.2) is 79.9 Å². The third-order valence-corrected chi connectivity index (χ3v) is 4.24. The molecule has 0 radical (unpaired) electrons. The molecule has 8 nitrogen and oxygen atoms in total. The summed E-state index contributed by atoms with van der Waals surface area (Å²) >= 11 is 0. The summed E-state index contributed by atoms with van der Waals surface area (Å²) in [4.78, 5) is 24.9. The topological polar surface area (TPSA) is 79.8 Å². The summed E-state index contributed by atoms with van der Waals surface area (Å²) in [6.45, 7) is 8.12. The molecule has 1 amide bonds. The Kier molecular flexibility index (Phi) is 7.10. The van der Waals surface area contributed by atoms with Crippen molar-refractivity contribution in [1.29, 1.82) is 0 Å². The van der Waals surface area contributed by atoms with Crippen molar-refractivity contribution in [2.24, 2.45) is 0 Å². The van der Waals surface area contributed by atoms with Crippen molar-refractivity contribution >= 4 is 11.7 Å². The Morgan fingerprint density at radius 3 is 3.08 bits per heavy atom. The average molecular weight is 351 g/mol. The van der Waals surface area contributed by atoms with Crippen molar-refractivity contribution in [1.82, 2.24) is 20.2 Å². The Bertz CT molecular complexity index is 571. The smallest absolute Gasteiger partial charge is 0.234 e. The van der Waals surface area contributed by atoms with Crippen molar-refractivity contribution in [2.45, 2.75) is 26.1 Å². The highest BCUT2D eigenvalue weighted by atomic mass is 16.5. The summed E-state index contributed by atoms with van der Waals surface area (Å²) in [7, 11) is 3.55. The van der Waals surface area contributed by atoms with Gasteiger partial charge in [-0.3, -0.25) is 9.69 Å². The number of aromatic nitrogens is 2. The molecular formula is C17H29N5O3. The van der Waals surface area contributed by atoms with Gasteiger partial charge in [-0.05, 0) is 26.6 Å². The van der Waals surface area contributed by atoms with E-state index in [0.29, 0.717) is 38.7 Å². The Labute approximate surface area is 149 Å². The minimum atomic E-state index is -0.453. The molecule has 0 aromatic carbocycles. The molecule has 1 aliphatic rings. The standard InChI is InChI=1S/C17H29N5O3/c1-5-21(3)10-16(23)19-12-17(2)13-22(8-9-25-17)15-6-7-18-14(20-15)11-24-4/h6-7H,5,8-13H2,1-4H3,(H,19,23). The van der Waals surface area contributed by atoms with Crippen LogP contribution in [0, 0.1) is 0 Å². The monoisotopic (exact) mass is 351 g/mol. The van der Waals surface area contributed by atoms with Gasteiger partial charge in [0, 0.05) is 32.9 Å². The van der Waals surface area contributed by atoms with Crippen LogP contribution >= 0.6 is 0 Å². The third-order valence-electron chi connectivity index (χ3n) is 4.24. The van der Waals surface area contributed by atoms with Crippen molar-refractivity contribution in [2.75, 3.05) is 58.4 Å². The fraction of sp³-hybridized carbons (Fsp3) is 0.706. The van der Waals surface area contributed by atoms with Crippen molar-refractivity contribution in [3.8, 4) is 0 Å². The number of hydrogen-bond acceptors (Lipinski definition) is 7. The molecule has 1 aliphatic heterocycles. The maximum atomic E-state index is 12.0. The number of carbonyl (C=O) groups is 1. The van der Waals surface area contributed by atoms with Gasteiger partial charge in [0.15, 0.2) is 5.82 Å². The van der Waals surface area contributed by atoms with E-state index >= 15 is 0 Å². The van der Waals surface area contributed by atoms with Crippen LogP contribution in [0.25, 0.3) is 0 Å². The zero-order valence-electron chi connectivity index (χ0n) is 15.6. The van der Waals surface area contributed by atoms with Gasteiger partial charge >= 0.3 is 0 Å². The maximum absolute atomic E-state index is 12.0. The maximum Gasteiger partial charge on any atom is 0.234 e. The molecule has 1 aromatic heterocycles. The number of likely N-dealkylation sites (N-methyl/N-ethyl adjacent to an activating group) is 1. The average Bonchev–Trinajstić information content (AvgIpc) is 2.60. The molecule has 1 aromatic rings. The van der Waals surface area contributed by atoms with E-state index in [4.69, 9.17) is 9.47 Å². The van der Waals surface area contributed by atoms with Crippen LogP contribution < -0.4 is 10.2 Å². The van der Waals surface area contributed by atoms with E-state index in [2.05, 4.69) is 20.2 Å². The molecule has 1 saturated heterocycles. The SMILES string of the molecule is CCN(C)CC(=O)NCC1(C)CN(c2ccnc(COC)n2)CCO1. The van der Waals surface area contributed by atoms with Crippen molar-refractivity contribution < 1.29 is 14.3 Å². The molecule has 8 heteroatoms. The van der Waals surface area contributed by atoms with Crippen LogP contribution in [0.5, 0.6) is 0 Å². The number of morpholine rings is 1. The molecule has 2 heterocycles. The Morgan fingerprint density at radius 2 is 2.36 bits per heavy atom. The molecule has 0 bridgehead atoms. The summed E-state index contributed by atoms with van der Waals surface area (Å²) in [5, 5.41) is 2.98. The molecular weight excluding hydrogens is 322 g/mol. The highest BCUT2D eigenvalue weighted by Gasteiger charge is 2.33. The van der Waals surface area contributed by atoms with Gasteiger partial charge in [0.05, 0.1) is 13.2 Å². The molecule has 0 spiro atoms. The van der Waals surface area contributed by atoms with Crippen molar-refractivity contribution in [3.05, 3.63) is 18.1 Å². The number of rotatable bonds is 8. The quantitative estimate of drug-likeness (QED) is 0.721. The molecule has 1 atom stereocenters. The van der Waals surface area contributed by atoms with Crippen LogP contribution in [0.15, 0.2) is 12.3 Å². The first kappa shape index (κ1) is 19.6. The van der Waals surface area contributed by atoms with Crippen LogP contribution in [0.3, 0.4) is 0 Å². The lowest BCUT2D eigenvalue weighted by molar-refractivity contribution is -0.124. The van der Waals surface area contributed by atoms with E-state index in [0.717, 1.165) is 18.9 Å². The van der Waals surface area contributed by atoms with E-state index in [1.165, 1.54) is 0 Å². The molecule has 0 aliphatic carbocycles. The van der Waals surface area contributed by atoms with E-state index in [1.54, 1.807) is 13.3 Å². The van der Waals surface area contributed by atoms with Gasteiger partial charge in [-0.15, -0.1) is 0 Å². The number of nitrogens with one attached hydrogen (secondary N) is 1. The first-order chi connectivity index (χ1) is 12.0. The van der Waals surface area contributed by atoms with Crippen LogP contribution in [0.1, 0.15) is 19.7 Å². The summed E-state index contributed by atoms with van der Waals surface area (Å²) in [5.41, 5.74) is -0.453. The van der Waals surface area contributed by atoms with E-state index < -0.39 is 5.60 Å². The highest BCUT2D eigenvalue weighted by Crippen LogP contribution is 2.21. The van der Waals surface area contributed by atoms with E-state index in [9.17, 15) is 4.79 Å². The number of carbonyl (C=O) groups excluding carboxylic acids is 1. The Balaban J connectivity index is 1.94. The highest BCUT2D eigenvalue weighted by molar-refractivity contribution is 5.78. The number of anilines is 1. The molecule has 1 fully saturated rings. The molecule has 0 saturated carbocycles. The summed E-state index contributed by atoms with van der Waals surface area (Å²) < 4.78 is 11.0. The predicted molar refractivity (Wildman–Crippen MR) is 95.5 cm³/mol. The predicted octanol–water partition coefficient (Wildman–Crippen LogP) is 0.286. The molecule has 1 N–H and O–H groups in total. The minimum Gasteiger partial charge on any atom is -0.377 e. The summed E-state index contributed by atoms with van der Waals surface area (Å²) in [6.07, 6.45) is 1.74. The molecule has 2 rings (SSSR count). The summed E-state index contributed by atoms with van der Waals surface area (Å²) in [5.74, 6) is 1.52.